The smallest absolute Gasteiger partial charge is 0.329 e. The van der Waals surface area contributed by atoms with E-state index in [2.05, 4.69) is 61.8 Å². The van der Waals surface area contributed by atoms with Crippen LogP contribution in [0.1, 0.15) is 44.9 Å². The first-order chi connectivity index (χ1) is 13.5. The van der Waals surface area contributed by atoms with E-state index in [-0.39, 0.29) is 6.61 Å². The molecule has 2 rings (SSSR count). The molecule has 0 radical (unpaired) electrons. The van der Waals surface area contributed by atoms with Crippen molar-refractivity contribution in [2.24, 2.45) is 0 Å². The molecule has 152 valence electrons. The van der Waals surface area contributed by atoms with Gasteiger partial charge in [-0.25, -0.2) is 4.79 Å². The largest absolute Gasteiger partial charge is 0.480 e. The number of carboxylic acid groups (broad SMARTS) is 1. The Morgan fingerprint density at radius 1 is 0.786 bits per heavy atom. The fourth-order valence-corrected chi connectivity index (χ4v) is 3.44. The molecule has 0 spiro atoms. The molecule has 0 amide bonds. The zero-order chi connectivity index (χ0) is 20.5. The zero-order valence-corrected chi connectivity index (χ0v) is 17.4. The molecule has 0 aliphatic rings. The van der Waals surface area contributed by atoms with Crippen molar-refractivity contribution in [2.75, 3.05) is 42.6 Å². The van der Waals surface area contributed by atoms with Crippen molar-refractivity contribution in [2.45, 2.75) is 33.8 Å². The molecule has 0 saturated carbocycles. The molecular weight excluding hydrogens is 352 g/mol. The third-order valence-electron chi connectivity index (χ3n) is 5.02. The Bertz CT molecular complexity index is 665. The first-order valence-electron chi connectivity index (χ1n) is 10.1. The van der Waals surface area contributed by atoms with Crippen LogP contribution in [0.3, 0.4) is 0 Å². The van der Waals surface area contributed by atoms with Crippen LogP contribution < -0.4 is 9.80 Å². The summed E-state index contributed by atoms with van der Waals surface area (Å²) in [7, 11) is 0. The topological polar surface area (TPSA) is 53.0 Å². The Hall–Kier alpha value is -2.53. The van der Waals surface area contributed by atoms with Crippen LogP contribution in [0.5, 0.6) is 0 Å². The van der Waals surface area contributed by atoms with Crippen molar-refractivity contribution in [3.63, 3.8) is 0 Å². The Morgan fingerprint density at radius 2 is 1.14 bits per heavy atom. The summed E-state index contributed by atoms with van der Waals surface area (Å²) in [5.41, 5.74) is 4.21. The lowest BCUT2D eigenvalue weighted by molar-refractivity contribution is -0.143. The van der Waals surface area contributed by atoms with Crippen molar-refractivity contribution in [3.8, 4) is 0 Å². The number of carboxylic acids is 1. The van der Waals surface area contributed by atoms with Gasteiger partial charge in [-0.2, -0.15) is 0 Å². The van der Waals surface area contributed by atoms with Crippen molar-refractivity contribution in [1.82, 2.24) is 0 Å². The third kappa shape index (κ3) is 5.49. The SMILES string of the molecule is CCN(CC)c1ccc(C(OCC(=O)O)c2ccc(N(CC)CC)cc2)cc1. The van der Waals surface area contributed by atoms with E-state index in [1.54, 1.807) is 0 Å². The first kappa shape index (κ1) is 21.8. The number of carbonyl (C=O) groups is 1. The number of nitrogens with zero attached hydrogens (tertiary/aromatic N) is 2. The maximum Gasteiger partial charge on any atom is 0.329 e. The number of rotatable bonds is 11. The van der Waals surface area contributed by atoms with Crippen molar-refractivity contribution in [1.29, 1.82) is 0 Å². The average molecular weight is 385 g/mol. The van der Waals surface area contributed by atoms with Crippen LogP contribution in [0.2, 0.25) is 0 Å². The van der Waals surface area contributed by atoms with Gasteiger partial charge in [0, 0.05) is 37.6 Å². The minimum absolute atomic E-state index is 0.333. The van der Waals surface area contributed by atoms with E-state index in [1.165, 1.54) is 0 Å². The normalized spacial score (nSPS) is 10.9. The van der Waals surface area contributed by atoms with Crippen LogP contribution in [-0.2, 0) is 9.53 Å². The van der Waals surface area contributed by atoms with E-state index in [4.69, 9.17) is 9.84 Å². The molecule has 0 atom stereocenters. The summed E-state index contributed by atoms with van der Waals surface area (Å²) in [5, 5.41) is 9.08. The summed E-state index contributed by atoms with van der Waals surface area (Å²) in [6.07, 6.45) is -0.410. The summed E-state index contributed by atoms with van der Waals surface area (Å²) in [4.78, 5) is 15.6. The fraction of sp³-hybridized carbons (Fsp3) is 0.435. The second-order valence-electron chi connectivity index (χ2n) is 6.61. The summed E-state index contributed by atoms with van der Waals surface area (Å²) < 4.78 is 5.75. The predicted molar refractivity (Wildman–Crippen MR) is 115 cm³/mol. The molecule has 0 heterocycles. The van der Waals surface area contributed by atoms with E-state index in [0.29, 0.717) is 0 Å². The van der Waals surface area contributed by atoms with Gasteiger partial charge in [-0.1, -0.05) is 24.3 Å². The van der Waals surface area contributed by atoms with Crippen LogP contribution in [0.25, 0.3) is 0 Å². The van der Waals surface area contributed by atoms with Gasteiger partial charge < -0.3 is 19.6 Å². The molecule has 2 aromatic rings. The van der Waals surface area contributed by atoms with Gasteiger partial charge in [-0.3, -0.25) is 0 Å². The van der Waals surface area contributed by atoms with Crippen LogP contribution in [0, 0.1) is 0 Å². The number of aliphatic carboxylic acids is 1. The highest BCUT2D eigenvalue weighted by molar-refractivity contribution is 5.68. The van der Waals surface area contributed by atoms with Crippen molar-refractivity contribution < 1.29 is 14.6 Å². The van der Waals surface area contributed by atoms with Crippen LogP contribution >= 0.6 is 0 Å². The Labute approximate surface area is 168 Å². The summed E-state index contributed by atoms with van der Waals surface area (Å²) >= 11 is 0. The Morgan fingerprint density at radius 3 is 1.43 bits per heavy atom. The van der Waals surface area contributed by atoms with E-state index in [0.717, 1.165) is 48.7 Å². The highest BCUT2D eigenvalue weighted by Gasteiger charge is 2.17. The highest BCUT2D eigenvalue weighted by Crippen LogP contribution is 2.29. The molecule has 1 N–H and O–H groups in total. The second kappa shape index (κ2) is 10.7. The standard InChI is InChI=1S/C23H32N2O3/c1-5-24(6-2)20-13-9-18(10-14-20)23(28-17-22(26)27)19-11-15-21(16-12-19)25(7-3)8-4/h9-16,23H,5-8,17H2,1-4H3,(H,26,27). The van der Waals surface area contributed by atoms with Crippen molar-refractivity contribution in [3.05, 3.63) is 59.7 Å². The van der Waals surface area contributed by atoms with Gasteiger partial charge in [-0.05, 0) is 63.1 Å². The summed E-state index contributed by atoms with van der Waals surface area (Å²) in [5.74, 6) is -0.968. The van der Waals surface area contributed by atoms with Crippen molar-refractivity contribution >= 4 is 17.3 Å². The molecule has 0 unspecified atom stereocenters. The molecule has 2 aromatic carbocycles. The maximum atomic E-state index is 11.1. The zero-order valence-electron chi connectivity index (χ0n) is 17.4. The first-order valence-corrected chi connectivity index (χ1v) is 10.1. The summed E-state index contributed by atoms with van der Waals surface area (Å²) in [6, 6.07) is 16.4. The maximum absolute atomic E-state index is 11.1. The van der Waals surface area contributed by atoms with Gasteiger partial charge in [0.15, 0.2) is 0 Å². The quantitative estimate of drug-likeness (QED) is 0.615. The molecule has 0 bridgehead atoms. The lowest BCUT2D eigenvalue weighted by Crippen LogP contribution is -2.22. The molecule has 5 heteroatoms. The van der Waals surface area contributed by atoms with E-state index in [9.17, 15) is 4.79 Å². The van der Waals surface area contributed by atoms with Gasteiger partial charge >= 0.3 is 5.97 Å². The summed E-state index contributed by atoms with van der Waals surface area (Å²) in [6.45, 7) is 12.0. The number of anilines is 2. The number of hydrogen-bond donors (Lipinski definition) is 1. The van der Waals surface area contributed by atoms with E-state index < -0.39 is 12.1 Å². The van der Waals surface area contributed by atoms with Gasteiger partial charge in [0.2, 0.25) is 0 Å². The number of ether oxygens (including phenoxy) is 1. The van der Waals surface area contributed by atoms with Gasteiger partial charge in [0.1, 0.15) is 12.7 Å². The molecule has 0 aliphatic carbocycles. The molecule has 0 fully saturated rings. The second-order valence-corrected chi connectivity index (χ2v) is 6.61. The Kier molecular flexibility index (Phi) is 8.33. The molecule has 5 nitrogen and oxygen atoms in total. The van der Waals surface area contributed by atoms with Gasteiger partial charge in [0.05, 0.1) is 0 Å². The Balaban J connectivity index is 2.30. The number of hydrogen-bond acceptors (Lipinski definition) is 4. The lowest BCUT2D eigenvalue weighted by atomic mass is 10.0. The molecule has 0 aromatic heterocycles. The predicted octanol–water partition coefficient (Wildman–Crippen LogP) is 4.57. The molecule has 0 aliphatic heterocycles. The number of benzene rings is 2. The average Bonchev–Trinajstić information content (AvgIpc) is 2.72. The third-order valence-corrected chi connectivity index (χ3v) is 5.02. The van der Waals surface area contributed by atoms with E-state index >= 15 is 0 Å². The lowest BCUT2D eigenvalue weighted by Gasteiger charge is -2.24. The van der Waals surface area contributed by atoms with Gasteiger partial charge in [-0.15, -0.1) is 0 Å². The fourth-order valence-electron chi connectivity index (χ4n) is 3.44. The monoisotopic (exact) mass is 384 g/mol. The minimum Gasteiger partial charge on any atom is -0.480 e. The minimum atomic E-state index is -0.968. The van der Waals surface area contributed by atoms with Gasteiger partial charge in [0.25, 0.3) is 0 Å². The highest BCUT2D eigenvalue weighted by atomic mass is 16.5. The molecule has 0 saturated heterocycles. The van der Waals surface area contributed by atoms with Crippen LogP contribution in [0.15, 0.2) is 48.5 Å². The van der Waals surface area contributed by atoms with E-state index in [1.807, 2.05) is 24.3 Å². The van der Waals surface area contributed by atoms with Crippen LogP contribution in [0.4, 0.5) is 11.4 Å². The van der Waals surface area contributed by atoms with Crippen LogP contribution in [-0.4, -0.2) is 43.9 Å². The molecule has 28 heavy (non-hydrogen) atoms. The molecular formula is C23H32N2O3.